The van der Waals surface area contributed by atoms with Crippen LogP contribution in [0.4, 0.5) is 5.69 Å². The van der Waals surface area contributed by atoms with Gasteiger partial charge in [-0.25, -0.2) is 0 Å². The molecule has 0 fully saturated rings. The first-order valence-electron chi connectivity index (χ1n) is 6.90. The highest BCUT2D eigenvalue weighted by Gasteiger charge is 2.12. The van der Waals surface area contributed by atoms with Crippen molar-refractivity contribution < 1.29 is 9.53 Å². The molecule has 5 heteroatoms. The number of carbonyl (C=O) groups excluding carboxylic acids is 1. The first kappa shape index (κ1) is 16.5. The van der Waals surface area contributed by atoms with Gasteiger partial charge in [-0.1, -0.05) is 19.1 Å². The van der Waals surface area contributed by atoms with E-state index in [2.05, 4.69) is 10.2 Å². The number of likely N-dealkylation sites (N-methyl/N-ethyl adjacent to an activating group) is 1. The van der Waals surface area contributed by atoms with Crippen LogP contribution in [0, 0.1) is 0 Å². The van der Waals surface area contributed by atoms with Crippen molar-refractivity contribution in [3.05, 3.63) is 29.8 Å². The topological polar surface area (TPSA) is 67.6 Å². The van der Waals surface area contributed by atoms with Gasteiger partial charge in [-0.05, 0) is 31.2 Å². The van der Waals surface area contributed by atoms with Gasteiger partial charge in [0.1, 0.15) is 0 Å². The Morgan fingerprint density at radius 2 is 2.25 bits per heavy atom. The Hall–Kier alpha value is -1.59. The molecular formula is C15H25N3O2. The van der Waals surface area contributed by atoms with Crippen molar-refractivity contribution in [2.45, 2.75) is 26.4 Å². The van der Waals surface area contributed by atoms with Crippen molar-refractivity contribution in [2.75, 3.05) is 32.5 Å². The van der Waals surface area contributed by atoms with Gasteiger partial charge in [0, 0.05) is 25.4 Å². The van der Waals surface area contributed by atoms with E-state index in [0.717, 1.165) is 17.8 Å². The summed E-state index contributed by atoms with van der Waals surface area (Å²) in [7, 11) is 1.63. The summed E-state index contributed by atoms with van der Waals surface area (Å²) < 4.78 is 5.00. The van der Waals surface area contributed by atoms with Crippen molar-refractivity contribution in [1.82, 2.24) is 10.2 Å². The van der Waals surface area contributed by atoms with E-state index >= 15 is 0 Å². The molecule has 0 saturated heterocycles. The number of nitrogens with two attached hydrogens (primary N) is 1. The third-order valence-corrected chi connectivity index (χ3v) is 3.00. The van der Waals surface area contributed by atoms with E-state index in [4.69, 9.17) is 10.5 Å². The van der Waals surface area contributed by atoms with Gasteiger partial charge in [0.2, 0.25) is 5.91 Å². The van der Waals surface area contributed by atoms with Gasteiger partial charge < -0.3 is 15.8 Å². The van der Waals surface area contributed by atoms with Gasteiger partial charge in [-0.2, -0.15) is 0 Å². The Kier molecular flexibility index (Phi) is 7.04. The van der Waals surface area contributed by atoms with Crippen LogP contribution < -0.4 is 11.1 Å². The number of ether oxygens (including phenoxy) is 1. The predicted molar refractivity (Wildman–Crippen MR) is 81.3 cm³/mol. The second-order valence-electron chi connectivity index (χ2n) is 4.97. The molecule has 0 spiro atoms. The lowest BCUT2D eigenvalue weighted by Gasteiger charge is -2.21. The first-order valence-corrected chi connectivity index (χ1v) is 6.90. The second kappa shape index (κ2) is 8.55. The number of hydrogen-bond acceptors (Lipinski definition) is 4. The van der Waals surface area contributed by atoms with E-state index in [-0.39, 0.29) is 11.9 Å². The molecule has 1 rings (SSSR count). The molecule has 0 aromatic heterocycles. The standard InChI is InChI=1S/C15H25N3O2/c1-4-18(9-13-6-5-7-14(16)8-13)10-15(19)17-12(2)11-20-3/h5-8,12H,4,9-11,16H2,1-3H3,(H,17,19). The van der Waals surface area contributed by atoms with Crippen molar-refractivity contribution in [2.24, 2.45) is 0 Å². The summed E-state index contributed by atoms with van der Waals surface area (Å²) in [6, 6.07) is 7.77. The van der Waals surface area contributed by atoms with Crippen molar-refractivity contribution >= 4 is 11.6 Å². The van der Waals surface area contributed by atoms with Crippen LogP contribution in [-0.2, 0) is 16.1 Å². The van der Waals surface area contributed by atoms with E-state index in [9.17, 15) is 4.79 Å². The normalized spacial score (nSPS) is 12.4. The summed E-state index contributed by atoms with van der Waals surface area (Å²) in [6.07, 6.45) is 0. The highest BCUT2D eigenvalue weighted by Crippen LogP contribution is 2.09. The average Bonchev–Trinajstić information content (AvgIpc) is 2.38. The van der Waals surface area contributed by atoms with Crippen LogP contribution in [0.15, 0.2) is 24.3 Å². The smallest absolute Gasteiger partial charge is 0.234 e. The number of anilines is 1. The van der Waals surface area contributed by atoms with Crippen LogP contribution in [0.1, 0.15) is 19.4 Å². The highest BCUT2D eigenvalue weighted by atomic mass is 16.5. The first-order chi connectivity index (χ1) is 9.55. The Balaban J connectivity index is 2.48. The molecule has 1 unspecified atom stereocenters. The predicted octanol–water partition coefficient (Wildman–Crippen LogP) is 1.24. The fourth-order valence-corrected chi connectivity index (χ4v) is 2.04. The van der Waals surface area contributed by atoms with Gasteiger partial charge in [-0.3, -0.25) is 9.69 Å². The minimum absolute atomic E-state index is 0.0142. The second-order valence-corrected chi connectivity index (χ2v) is 4.97. The quantitative estimate of drug-likeness (QED) is 0.703. The van der Waals surface area contributed by atoms with Crippen LogP contribution in [0.5, 0.6) is 0 Å². The Bertz CT molecular complexity index is 423. The molecule has 5 nitrogen and oxygen atoms in total. The fourth-order valence-electron chi connectivity index (χ4n) is 2.04. The Morgan fingerprint density at radius 1 is 1.50 bits per heavy atom. The molecular weight excluding hydrogens is 254 g/mol. The van der Waals surface area contributed by atoms with Gasteiger partial charge in [0.05, 0.1) is 13.2 Å². The Labute approximate surface area is 121 Å². The molecule has 0 heterocycles. The lowest BCUT2D eigenvalue weighted by molar-refractivity contribution is -0.123. The zero-order valence-corrected chi connectivity index (χ0v) is 12.6. The lowest BCUT2D eigenvalue weighted by atomic mass is 10.2. The van der Waals surface area contributed by atoms with E-state index in [1.54, 1.807) is 7.11 Å². The fraction of sp³-hybridized carbons (Fsp3) is 0.533. The summed E-state index contributed by atoms with van der Waals surface area (Å²) in [4.78, 5) is 14.0. The zero-order chi connectivity index (χ0) is 15.0. The number of nitrogens with one attached hydrogen (secondary N) is 1. The zero-order valence-electron chi connectivity index (χ0n) is 12.6. The molecule has 0 aliphatic rings. The molecule has 0 aliphatic heterocycles. The minimum atomic E-state index is 0.0142. The minimum Gasteiger partial charge on any atom is -0.399 e. The maximum atomic E-state index is 11.9. The maximum absolute atomic E-state index is 11.9. The van der Waals surface area contributed by atoms with Crippen LogP contribution in [0.3, 0.4) is 0 Å². The molecule has 3 N–H and O–H groups in total. The van der Waals surface area contributed by atoms with E-state index in [1.807, 2.05) is 38.1 Å². The highest BCUT2D eigenvalue weighted by molar-refractivity contribution is 5.78. The van der Waals surface area contributed by atoms with Gasteiger partial charge in [-0.15, -0.1) is 0 Å². The van der Waals surface area contributed by atoms with Gasteiger partial charge >= 0.3 is 0 Å². The van der Waals surface area contributed by atoms with E-state index < -0.39 is 0 Å². The molecule has 1 atom stereocenters. The molecule has 20 heavy (non-hydrogen) atoms. The van der Waals surface area contributed by atoms with E-state index in [0.29, 0.717) is 19.7 Å². The number of hydrogen-bond donors (Lipinski definition) is 2. The van der Waals surface area contributed by atoms with Crippen LogP contribution in [-0.4, -0.2) is 43.7 Å². The Morgan fingerprint density at radius 3 is 2.85 bits per heavy atom. The summed E-state index contributed by atoms with van der Waals surface area (Å²) in [5, 5.41) is 2.91. The van der Waals surface area contributed by atoms with Gasteiger partial charge in [0.25, 0.3) is 0 Å². The van der Waals surface area contributed by atoms with Gasteiger partial charge in [0.15, 0.2) is 0 Å². The van der Waals surface area contributed by atoms with Crippen molar-refractivity contribution in [1.29, 1.82) is 0 Å². The third kappa shape index (κ3) is 6.04. The third-order valence-electron chi connectivity index (χ3n) is 3.00. The molecule has 0 aliphatic carbocycles. The number of nitrogens with zero attached hydrogens (tertiary/aromatic N) is 1. The summed E-state index contributed by atoms with van der Waals surface area (Å²) in [6.45, 7) is 6.38. The number of methoxy groups -OCH3 is 1. The number of nitrogen functional groups attached to an aromatic ring is 1. The lowest BCUT2D eigenvalue weighted by Crippen LogP contribution is -2.42. The van der Waals surface area contributed by atoms with E-state index in [1.165, 1.54) is 0 Å². The largest absolute Gasteiger partial charge is 0.399 e. The summed E-state index contributed by atoms with van der Waals surface area (Å²) in [5.41, 5.74) is 7.63. The van der Waals surface area contributed by atoms with Crippen LogP contribution in [0.25, 0.3) is 0 Å². The number of amides is 1. The molecule has 1 amide bonds. The molecule has 1 aromatic rings. The van der Waals surface area contributed by atoms with Crippen molar-refractivity contribution in [3.8, 4) is 0 Å². The van der Waals surface area contributed by atoms with Crippen LogP contribution >= 0.6 is 0 Å². The van der Waals surface area contributed by atoms with Crippen LogP contribution in [0.2, 0.25) is 0 Å². The summed E-state index contributed by atoms with van der Waals surface area (Å²) >= 11 is 0. The number of rotatable bonds is 8. The average molecular weight is 279 g/mol. The number of carbonyl (C=O) groups is 1. The summed E-state index contributed by atoms with van der Waals surface area (Å²) in [5.74, 6) is 0.0142. The molecule has 0 radical (unpaired) electrons. The molecule has 0 bridgehead atoms. The monoisotopic (exact) mass is 279 g/mol. The molecule has 1 aromatic carbocycles. The molecule has 112 valence electrons. The SMILES string of the molecule is CCN(CC(=O)NC(C)COC)Cc1cccc(N)c1. The van der Waals surface area contributed by atoms with Crippen molar-refractivity contribution in [3.63, 3.8) is 0 Å². The number of benzene rings is 1. The maximum Gasteiger partial charge on any atom is 0.234 e. The molecule has 0 saturated carbocycles.